The van der Waals surface area contributed by atoms with Gasteiger partial charge >= 0.3 is 0 Å². The minimum atomic E-state index is -1.49. The van der Waals surface area contributed by atoms with Crippen molar-refractivity contribution < 1.29 is 8.96 Å². The molecule has 164 valence electrons. The number of halogens is 1. The van der Waals surface area contributed by atoms with E-state index in [9.17, 15) is 0 Å². The van der Waals surface area contributed by atoms with E-state index in [1.54, 1.807) is 0 Å². The van der Waals surface area contributed by atoms with E-state index in [4.69, 9.17) is 0 Å². The molecule has 1 aliphatic rings. The van der Waals surface area contributed by atoms with Crippen molar-refractivity contribution in [2.75, 3.05) is 0 Å². The SMILES string of the molecule is Cc1c(-c2c3ccc([Si](C)(C)C(C)C)cc3cc[n+]2C)cc(C2CCCC2)c(F)c1C. The van der Waals surface area contributed by atoms with E-state index in [0.29, 0.717) is 11.5 Å². The second-order valence-corrected chi connectivity index (χ2v) is 15.7. The lowest BCUT2D eigenvalue weighted by atomic mass is 9.88. The summed E-state index contributed by atoms with van der Waals surface area (Å²) in [5.74, 6) is 0.380. The number of rotatable bonds is 4. The predicted octanol–water partition coefficient (Wildman–Crippen LogP) is 7.07. The lowest BCUT2D eigenvalue weighted by Crippen LogP contribution is -2.44. The van der Waals surface area contributed by atoms with Gasteiger partial charge in [0, 0.05) is 6.07 Å². The van der Waals surface area contributed by atoms with Crippen molar-refractivity contribution in [3.8, 4) is 11.3 Å². The molecule has 0 unspecified atom stereocenters. The van der Waals surface area contributed by atoms with E-state index in [1.165, 1.54) is 40.1 Å². The molecule has 0 N–H and O–H groups in total. The Labute approximate surface area is 188 Å². The molecule has 1 aliphatic carbocycles. The monoisotopic (exact) mass is 434 g/mol. The smallest absolute Gasteiger partial charge is 0.206 e. The Kier molecular flexibility index (Phi) is 5.85. The van der Waals surface area contributed by atoms with Crippen LogP contribution >= 0.6 is 0 Å². The van der Waals surface area contributed by atoms with Crippen molar-refractivity contribution in [3.63, 3.8) is 0 Å². The number of fused-ring (bicyclic) bond motifs is 1. The zero-order valence-corrected chi connectivity index (χ0v) is 21.3. The minimum absolute atomic E-state index is 0.0167. The molecule has 1 saturated carbocycles. The summed E-state index contributed by atoms with van der Waals surface area (Å²) in [6.45, 7) is 13.7. The van der Waals surface area contributed by atoms with E-state index in [0.717, 1.165) is 29.5 Å². The molecule has 3 aromatic rings. The summed E-state index contributed by atoms with van der Waals surface area (Å²) in [6, 6.07) is 11.5. The number of aryl methyl sites for hydroxylation is 1. The molecule has 2 aromatic carbocycles. The average Bonchev–Trinajstić information content (AvgIpc) is 3.27. The molecule has 4 rings (SSSR count). The van der Waals surface area contributed by atoms with E-state index in [1.807, 2.05) is 6.92 Å². The molecule has 3 heteroatoms. The molecule has 0 atom stereocenters. The van der Waals surface area contributed by atoms with Gasteiger partial charge in [0.05, 0.1) is 19.0 Å². The largest absolute Gasteiger partial charge is 0.220 e. The zero-order valence-electron chi connectivity index (χ0n) is 20.3. The van der Waals surface area contributed by atoms with Crippen molar-refractivity contribution in [2.45, 2.75) is 77.9 Å². The molecule has 0 radical (unpaired) electrons. The van der Waals surface area contributed by atoms with Gasteiger partial charge in [-0.1, -0.05) is 57.1 Å². The standard InChI is InChI=1S/C28H37FNSi/c1-18(2)31(6,7)23-12-13-24-22(16-23)14-15-30(5)28(24)25-17-26(21-10-8-9-11-21)27(29)20(4)19(25)3/h12-18,21H,8-11H2,1-7H3/q+1. The van der Waals surface area contributed by atoms with E-state index in [2.05, 4.69) is 82.0 Å². The van der Waals surface area contributed by atoms with E-state index >= 15 is 4.39 Å². The first kappa shape index (κ1) is 22.2. The summed E-state index contributed by atoms with van der Waals surface area (Å²) in [4.78, 5) is 0. The number of pyridine rings is 1. The van der Waals surface area contributed by atoms with Gasteiger partial charge in [-0.2, -0.15) is 0 Å². The van der Waals surface area contributed by atoms with Crippen LogP contribution in [0.4, 0.5) is 4.39 Å². The van der Waals surface area contributed by atoms with Gasteiger partial charge in [-0.05, 0) is 72.4 Å². The lowest BCUT2D eigenvalue weighted by Gasteiger charge is -2.27. The first-order valence-electron chi connectivity index (χ1n) is 11.9. The van der Waals surface area contributed by atoms with Crippen LogP contribution in [0.15, 0.2) is 36.5 Å². The van der Waals surface area contributed by atoms with Crippen LogP contribution in [0.5, 0.6) is 0 Å². The molecule has 0 bridgehead atoms. The van der Waals surface area contributed by atoms with Gasteiger partial charge in [0.2, 0.25) is 5.69 Å². The van der Waals surface area contributed by atoms with Crippen molar-refractivity contribution >= 4 is 24.0 Å². The normalized spacial score (nSPS) is 15.4. The molecular formula is C28H37FNSi+. The lowest BCUT2D eigenvalue weighted by molar-refractivity contribution is -0.659. The maximum absolute atomic E-state index is 15.3. The van der Waals surface area contributed by atoms with Crippen molar-refractivity contribution in [1.82, 2.24) is 0 Å². The molecule has 1 aromatic heterocycles. The number of aromatic nitrogens is 1. The number of benzene rings is 2. The van der Waals surface area contributed by atoms with Gasteiger partial charge < -0.3 is 0 Å². The first-order chi connectivity index (χ1) is 14.6. The zero-order chi connectivity index (χ0) is 22.5. The van der Waals surface area contributed by atoms with Crippen LogP contribution in [-0.4, -0.2) is 8.07 Å². The number of nitrogens with zero attached hydrogens (tertiary/aromatic N) is 1. The third-order valence-electron chi connectivity index (χ3n) is 8.22. The summed E-state index contributed by atoms with van der Waals surface area (Å²) in [5, 5.41) is 4.05. The third kappa shape index (κ3) is 3.75. The van der Waals surface area contributed by atoms with Crippen LogP contribution < -0.4 is 9.75 Å². The summed E-state index contributed by atoms with van der Waals surface area (Å²) in [7, 11) is 0.619. The van der Waals surface area contributed by atoms with Crippen molar-refractivity contribution in [1.29, 1.82) is 0 Å². The van der Waals surface area contributed by atoms with Crippen molar-refractivity contribution in [3.05, 3.63) is 59.0 Å². The first-order valence-corrected chi connectivity index (χ1v) is 14.9. The molecule has 0 amide bonds. The van der Waals surface area contributed by atoms with Gasteiger partial charge in [0.15, 0.2) is 6.20 Å². The number of hydrogen-bond acceptors (Lipinski definition) is 0. The maximum atomic E-state index is 15.3. The summed E-state index contributed by atoms with van der Waals surface area (Å²) in [5.41, 5.74) is 5.87. The van der Waals surface area contributed by atoms with Crippen LogP contribution in [0.3, 0.4) is 0 Å². The highest BCUT2D eigenvalue weighted by Crippen LogP contribution is 2.40. The summed E-state index contributed by atoms with van der Waals surface area (Å²) < 4.78 is 17.5. The van der Waals surface area contributed by atoms with E-state index in [-0.39, 0.29) is 5.82 Å². The quantitative estimate of drug-likeness (QED) is 0.305. The Morgan fingerprint density at radius 3 is 2.32 bits per heavy atom. The third-order valence-corrected chi connectivity index (χ3v) is 12.9. The van der Waals surface area contributed by atoms with Crippen molar-refractivity contribution in [2.24, 2.45) is 7.05 Å². The van der Waals surface area contributed by atoms with E-state index < -0.39 is 8.07 Å². The topological polar surface area (TPSA) is 3.88 Å². The molecule has 1 nitrogen and oxygen atoms in total. The van der Waals surface area contributed by atoms with Gasteiger partial charge in [-0.3, -0.25) is 0 Å². The fraction of sp³-hybridized carbons (Fsp3) is 0.464. The molecule has 1 heterocycles. The van der Waals surface area contributed by atoms with Gasteiger partial charge in [-0.15, -0.1) is 0 Å². The molecule has 1 fully saturated rings. The molecule has 0 saturated heterocycles. The molecule has 0 aliphatic heterocycles. The highest BCUT2D eigenvalue weighted by molar-refractivity contribution is 6.91. The van der Waals surface area contributed by atoms with Gasteiger partial charge in [0.1, 0.15) is 12.9 Å². The molecule has 0 spiro atoms. The maximum Gasteiger partial charge on any atom is 0.220 e. The van der Waals surface area contributed by atoms with Gasteiger partial charge in [-0.25, -0.2) is 8.96 Å². The Balaban J connectivity index is 1.95. The summed E-state index contributed by atoms with van der Waals surface area (Å²) in [6.07, 6.45) is 6.82. The molecular weight excluding hydrogens is 397 g/mol. The fourth-order valence-corrected chi connectivity index (χ4v) is 6.84. The predicted molar refractivity (Wildman–Crippen MR) is 133 cm³/mol. The second-order valence-electron chi connectivity index (χ2n) is 10.5. The van der Waals surface area contributed by atoms with Crippen LogP contribution in [0.1, 0.15) is 62.1 Å². The fourth-order valence-electron chi connectivity index (χ4n) is 5.13. The Morgan fingerprint density at radius 2 is 1.68 bits per heavy atom. The Hall–Kier alpha value is -2.00. The van der Waals surface area contributed by atoms with Crippen LogP contribution in [0.25, 0.3) is 22.0 Å². The van der Waals surface area contributed by atoms with Crippen LogP contribution in [0, 0.1) is 19.7 Å². The van der Waals surface area contributed by atoms with Crippen LogP contribution in [0.2, 0.25) is 18.6 Å². The van der Waals surface area contributed by atoms with Crippen LogP contribution in [-0.2, 0) is 7.05 Å². The average molecular weight is 435 g/mol. The highest BCUT2D eigenvalue weighted by Gasteiger charge is 2.29. The van der Waals surface area contributed by atoms with Gasteiger partial charge in [0.25, 0.3) is 0 Å². The highest BCUT2D eigenvalue weighted by atomic mass is 28.3. The summed E-state index contributed by atoms with van der Waals surface area (Å²) >= 11 is 0. The molecule has 31 heavy (non-hydrogen) atoms. The second kappa shape index (κ2) is 8.16. The number of hydrogen-bond donors (Lipinski definition) is 0. The Morgan fingerprint density at radius 1 is 1.00 bits per heavy atom. The minimum Gasteiger partial charge on any atom is -0.206 e. The Bertz CT molecular complexity index is 1140.